The molecule has 0 saturated heterocycles. The number of pyridine rings is 1. The van der Waals surface area contributed by atoms with Crippen molar-refractivity contribution in [3.63, 3.8) is 0 Å². The number of nitrogens with one attached hydrogen (secondary N) is 3. The molecule has 0 atom stereocenters. The number of hydrogen-bond acceptors (Lipinski definition) is 5. The summed E-state index contributed by atoms with van der Waals surface area (Å²) in [5.41, 5.74) is 1.48. The molecule has 0 fully saturated rings. The Morgan fingerprint density at radius 3 is 2.85 bits per heavy atom. The molecule has 8 nitrogen and oxygen atoms in total. The lowest BCUT2D eigenvalue weighted by atomic mass is 10.2. The summed E-state index contributed by atoms with van der Waals surface area (Å²) in [5.74, 6) is 0. The Hall–Kier alpha value is -3.16. The van der Waals surface area contributed by atoms with Gasteiger partial charge in [0, 0.05) is 6.07 Å². The van der Waals surface area contributed by atoms with Gasteiger partial charge in [-0.2, -0.15) is 0 Å². The molecule has 0 aliphatic rings. The van der Waals surface area contributed by atoms with E-state index in [0.717, 1.165) is 0 Å². The van der Waals surface area contributed by atoms with Crippen LogP contribution in [-0.2, 0) is 0 Å². The number of imidazole rings is 1. The van der Waals surface area contributed by atoms with Gasteiger partial charge in [-0.25, -0.2) is 9.78 Å². The summed E-state index contributed by atoms with van der Waals surface area (Å²) in [5, 5.41) is 13.8. The van der Waals surface area contributed by atoms with Crippen LogP contribution in [0.3, 0.4) is 0 Å². The monoisotopic (exact) mass is 271 g/mol. The van der Waals surface area contributed by atoms with Crippen LogP contribution in [0, 0.1) is 10.1 Å². The summed E-state index contributed by atoms with van der Waals surface area (Å²) < 4.78 is 0. The number of hydrogen-bond donors (Lipinski definition) is 3. The molecule has 0 bridgehead atoms. The highest BCUT2D eigenvalue weighted by atomic mass is 16.6. The molecule has 0 unspecified atom stereocenters. The van der Waals surface area contributed by atoms with Gasteiger partial charge in [0.05, 0.1) is 22.3 Å². The van der Waals surface area contributed by atoms with Crippen LogP contribution in [0.4, 0.5) is 17.1 Å². The summed E-state index contributed by atoms with van der Waals surface area (Å²) in [4.78, 5) is 30.7. The average Bonchev–Trinajstić information content (AvgIpc) is 2.78. The molecule has 2 aromatic heterocycles. The topological polar surface area (TPSA) is 117 Å². The average molecular weight is 271 g/mol. The number of aromatic amines is 2. The normalized spacial score (nSPS) is 10.6. The fourth-order valence-electron chi connectivity index (χ4n) is 1.88. The van der Waals surface area contributed by atoms with Crippen LogP contribution >= 0.6 is 0 Å². The van der Waals surface area contributed by atoms with Crippen LogP contribution in [0.5, 0.6) is 0 Å². The van der Waals surface area contributed by atoms with Crippen molar-refractivity contribution < 1.29 is 4.92 Å². The second-order valence-corrected chi connectivity index (χ2v) is 4.10. The van der Waals surface area contributed by atoms with Crippen molar-refractivity contribution in [3.8, 4) is 0 Å². The third-order valence-electron chi connectivity index (χ3n) is 2.75. The SMILES string of the molecule is O=c1[nH]c2cc(Nc3ccccc3[N+](=O)[O-])cnc2[nH]1. The zero-order chi connectivity index (χ0) is 14.1. The first-order chi connectivity index (χ1) is 9.63. The molecule has 0 aliphatic heterocycles. The number of nitrogens with zero attached hydrogens (tertiary/aromatic N) is 2. The van der Waals surface area contributed by atoms with E-state index in [0.29, 0.717) is 22.5 Å². The van der Waals surface area contributed by atoms with E-state index in [9.17, 15) is 14.9 Å². The Kier molecular flexibility index (Phi) is 2.68. The predicted molar refractivity (Wildman–Crippen MR) is 73.1 cm³/mol. The zero-order valence-corrected chi connectivity index (χ0v) is 10.1. The number of para-hydroxylation sites is 2. The summed E-state index contributed by atoms with van der Waals surface area (Å²) in [7, 11) is 0. The number of rotatable bonds is 3. The minimum absolute atomic E-state index is 0.0323. The van der Waals surface area contributed by atoms with E-state index in [-0.39, 0.29) is 11.4 Å². The van der Waals surface area contributed by atoms with Crippen molar-refractivity contribution in [1.82, 2.24) is 15.0 Å². The Labute approximate surface area is 111 Å². The van der Waals surface area contributed by atoms with Crippen LogP contribution in [-0.4, -0.2) is 19.9 Å². The van der Waals surface area contributed by atoms with Gasteiger partial charge in [-0.1, -0.05) is 12.1 Å². The maximum Gasteiger partial charge on any atom is 0.325 e. The van der Waals surface area contributed by atoms with Gasteiger partial charge in [0.1, 0.15) is 5.69 Å². The van der Waals surface area contributed by atoms with Crippen molar-refractivity contribution in [1.29, 1.82) is 0 Å². The first-order valence-electron chi connectivity index (χ1n) is 5.72. The van der Waals surface area contributed by atoms with E-state index in [4.69, 9.17) is 0 Å². The molecule has 3 rings (SSSR count). The Balaban J connectivity index is 2.00. The second-order valence-electron chi connectivity index (χ2n) is 4.10. The van der Waals surface area contributed by atoms with Gasteiger partial charge in [-0.3, -0.25) is 15.1 Å². The van der Waals surface area contributed by atoms with Crippen LogP contribution in [0.2, 0.25) is 0 Å². The molecule has 0 saturated carbocycles. The minimum atomic E-state index is -0.466. The maximum absolute atomic E-state index is 11.1. The molecular formula is C12H9N5O3. The number of H-pyrrole nitrogens is 2. The molecule has 20 heavy (non-hydrogen) atoms. The Bertz CT molecular complexity index is 851. The van der Waals surface area contributed by atoms with E-state index in [2.05, 4.69) is 20.3 Å². The van der Waals surface area contributed by atoms with Crippen molar-refractivity contribution in [2.24, 2.45) is 0 Å². The van der Waals surface area contributed by atoms with E-state index in [1.807, 2.05) is 0 Å². The van der Waals surface area contributed by atoms with E-state index in [1.165, 1.54) is 12.3 Å². The lowest BCUT2D eigenvalue weighted by molar-refractivity contribution is -0.383. The predicted octanol–water partition coefficient (Wildman–Crippen LogP) is 1.90. The molecule has 1 aromatic carbocycles. The van der Waals surface area contributed by atoms with Gasteiger partial charge < -0.3 is 10.3 Å². The Morgan fingerprint density at radius 2 is 2.05 bits per heavy atom. The van der Waals surface area contributed by atoms with Crippen LogP contribution in [0.1, 0.15) is 0 Å². The maximum atomic E-state index is 11.1. The molecule has 3 N–H and O–H groups in total. The van der Waals surface area contributed by atoms with E-state index in [1.54, 1.807) is 24.3 Å². The molecular weight excluding hydrogens is 262 g/mol. The lowest BCUT2D eigenvalue weighted by Gasteiger charge is -2.06. The van der Waals surface area contributed by atoms with E-state index >= 15 is 0 Å². The number of fused-ring (bicyclic) bond motifs is 1. The number of nitro benzene ring substituents is 1. The third-order valence-corrected chi connectivity index (χ3v) is 2.75. The number of benzene rings is 1. The van der Waals surface area contributed by atoms with Crippen molar-refractivity contribution >= 4 is 28.2 Å². The van der Waals surface area contributed by atoms with Gasteiger partial charge in [0.15, 0.2) is 5.65 Å². The first kappa shape index (κ1) is 11.9. The van der Waals surface area contributed by atoms with Gasteiger partial charge >= 0.3 is 5.69 Å². The fraction of sp³-hybridized carbons (Fsp3) is 0. The quantitative estimate of drug-likeness (QED) is 0.497. The zero-order valence-electron chi connectivity index (χ0n) is 10.1. The van der Waals surface area contributed by atoms with Crippen LogP contribution in [0.15, 0.2) is 41.3 Å². The number of anilines is 2. The van der Waals surface area contributed by atoms with E-state index < -0.39 is 4.92 Å². The van der Waals surface area contributed by atoms with Crippen LogP contribution < -0.4 is 11.0 Å². The first-order valence-corrected chi connectivity index (χ1v) is 5.72. The molecule has 0 spiro atoms. The number of nitro groups is 1. The summed E-state index contributed by atoms with van der Waals surface area (Å²) in [6, 6.07) is 7.94. The summed E-state index contributed by atoms with van der Waals surface area (Å²) >= 11 is 0. The van der Waals surface area contributed by atoms with Gasteiger partial charge in [-0.05, 0) is 12.1 Å². The Morgan fingerprint density at radius 1 is 1.25 bits per heavy atom. The highest BCUT2D eigenvalue weighted by molar-refractivity contribution is 5.77. The highest BCUT2D eigenvalue weighted by Gasteiger charge is 2.12. The second kappa shape index (κ2) is 4.50. The summed E-state index contributed by atoms with van der Waals surface area (Å²) in [6.45, 7) is 0. The molecule has 0 amide bonds. The lowest BCUT2D eigenvalue weighted by Crippen LogP contribution is -1.99. The van der Waals surface area contributed by atoms with Crippen molar-refractivity contribution in [2.45, 2.75) is 0 Å². The highest BCUT2D eigenvalue weighted by Crippen LogP contribution is 2.27. The molecule has 100 valence electrons. The molecule has 2 heterocycles. The molecule has 3 aromatic rings. The standard InChI is InChI=1S/C12H9N5O3/c18-12-15-9-5-7(6-13-11(9)16-12)14-8-3-1-2-4-10(8)17(19)20/h1-6,14H,(H2,13,15,16,18). The number of aromatic nitrogens is 3. The minimum Gasteiger partial charge on any atom is -0.349 e. The fourth-order valence-corrected chi connectivity index (χ4v) is 1.88. The van der Waals surface area contributed by atoms with Crippen molar-refractivity contribution in [3.05, 3.63) is 57.1 Å². The van der Waals surface area contributed by atoms with Crippen LogP contribution in [0.25, 0.3) is 11.2 Å². The smallest absolute Gasteiger partial charge is 0.325 e. The van der Waals surface area contributed by atoms with Crippen molar-refractivity contribution in [2.75, 3.05) is 5.32 Å². The van der Waals surface area contributed by atoms with Gasteiger partial charge in [0.25, 0.3) is 5.69 Å². The van der Waals surface area contributed by atoms with Gasteiger partial charge in [0.2, 0.25) is 0 Å². The molecule has 0 aliphatic carbocycles. The third kappa shape index (κ3) is 2.09. The molecule has 0 radical (unpaired) electrons. The largest absolute Gasteiger partial charge is 0.349 e. The molecule has 8 heteroatoms. The van der Waals surface area contributed by atoms with Gasteiger partial charge in [-0.15, -0.1) is 0 Å². The summed E-state index contributed by atoms with van der Waals surface area (Å²) in [6.07, 6.45) is 1.49.